The second kappa shape index (κ2) is 8.09. The molecule has 0 heterocycles. The number of nitrogens with one attached hydrogen (secondary N) is 1. The van der Waals surface area contributed by atoms with E-state index in [1.807, 2.05) is 0 Å². The van der Waals surface area contributed by atoms with Gasteiger partial charge < -0.3 is 5.32 Å². The van der Waals surface area contributed by atoms with Crippen molar-refractivity contribution in [2.24, 2.45) is 5.92 Å². The molecule has 0 aromatic heterocycles. The lowest BCUT2D eigenvalue weighted by molar-refractivity contribution is 0.588. The summed E-state index contributed by atoms with van der Waals surface area (Å²) >= 11 is 2.06. The third-order valence-electron chi connectivity index (χ3n) is 3.48. The Morgan fingerprint density at radius 1 is 1.05 bits per heavy atom. The highest BCUT2D eigenvalue weighted by Crippen LogP contribution is 2.22. The minimum Gasteiger partial charge on any atom is -0.316 e. The van der Waals surface area contributed by atoms with E-state index in [4.69, 9.17) is 0 Å². The molecule has 1 aromatic carbocycles. The van der Waals surface area contributed by atoms with E-state index in [2.05, 4.69) is 83.0 Å². The predicted octanol–water partition coefficient (Wildman–Crippen LogP) is 4.50. The molecule has 114 valence electrons. The van der Waals surface area contributed by atoms with Crippen molar-refractivity contribution in [2.75, 3.05) is 18.6 Å². The average Bonchev–Trinajstić information content (AvgIpc) is 2.36. The van der Waals surface area contributed by atoms with Crippen LogP contribution < -0.4 is 5.32 Å². The van der Waals surface area contributed by atoms with Crippen LogP contribution in [0, 0.1) is 5.92 Å². The molecule has 0 saturated heterocycles. The number of thioether (sulfide) groups is 1. The van der Waals surface area contributed by atoms with E-state index < -0.39 is 0 Å². The molecule has 1 atom stereocenters. The molecule has 2 heteroatoms. The molecule has 0 aliphatic rings. The third kappa shape index (κ3) is 6.32. The fourth-order valence-corrected chi connectivity index (χ4v) is 3.29. The Hall–Kier alpha value is -0.470. The molecule has 0 aliphatic carbocycles. The van der Waals surface area contributed by atoms with Gasteiger partial charge in [0.1, 0.15) is 0 Å². The maximum absolute atomic E-state index is 3.45. The summed E-state index contributed by atoms with van der Waals surface area (Å²) in [5.41, 5.74) is 3.09. The average molecular weight is 294 g/mol. The van der Waals surface area contributed by atoms with Crippen molar-refractivity contribution in [3.63, 3.8) is 0 Å². The van der Waals surface area contributed by atoms with Crippen molar-refractivity contribution in [2.45, 2.75) is 52.5 Å². The van der Waals surface area contributed by atoms with Crippen molar-refractivity contribution in [3.05, 3.63) is 35.4 Å². The van der Waals surface area contributed by atoms with Gasteiger partial charge in [-0.05, 0) is 41.7 Å². The van der Waals surface area contributed by atoms with Crippen molar-refractivity contribution in [1.82, 2.24) is 5.32 Å². The molecule has 0 saturated carbocycles. The summed E-state index contributed by atoms with van der Waals surface area (Å²) in [7, 11) is 2.07. The minimum atomic E-state index is 0.244. The molecule has 1 N–H and O–H groups in total. The van der Waals surface area contributed by atoms with Crippen molar-refractivity contribution in [1.29, 1.82) is 0 Å². The number of rotatable bonds is 7. The first-order valence-corrected chi connectivity index (χ1v) is 8.83. The van der Waals surface area contributed by atoms with E-state index in [0.717, 1.165) is 12.3 Å². The molecular formula is C18H31NS. The fourth-order valence-electron chi connectivity index (χ4n) is 2.12. The van der Waals surface area contributed by atoms with Crippen LogP contribution in [0.1, 0.15) is 45.7 Å². The molecule has 1 rings (SSSR count). The van der Waals surface area contributed by atoms with Gasteiger partial charge in [0.25, 0.3) is 0 Å². The summed E-state index contributed by atoms with van der Waals surface area (Å²) in [5.74, 6) is 3.22. The van der Waals surface area contributed by atoms with Gasteiger partial charge in [-0.15, -0.1) is 0 Å². The van der Waals surface area contributed by atoms with Crippen LogP contribution in [-0.2, 0) is 11.8 Å². The first kappa shape index (κ1) is 17.6. The maximum Gasteiger partial charge on any atom is 0.0195 e. The Labute approximate surface area is 129 Å². The zero-order chi connectivity index (χ0) is 15.2. The summed E-state index contributed by atoms with van der Waals surface area (Å²) in [6.45, 7) is 11.4. The standard InChI is InChI=1S/C18H31NS/c1-14(2)12-20-13-17(19-6)11-15-7-9-16(10-8-15)18(3,4)5/h7-10,14,17,19H,11-13H2,1-6H3. The van der Waals surface area contributed by atoms with Crippen molar-refractivity contribution in [3.8, 4) is 0 Å². The van der Waals surface area contributed by atoms with Gasteiger partial charge in [-0.3, -0.25) is 0 Å². The van der Waals surface area contributed by atoms with Crippen LogP contribution in [0.15, 0.2) is 24.3 Å². The first-order valence-electron chi connectivity index (χ1n) is 7.67. The minimum absolute atomic E-state index is 0.244. The van der Waals surface area contributed by atoms with Crippen LogP contribution in [0.25, 0.3) is 0 Å². The fraction of sp³-hybridized carbons (Fsp3) is 0.667. The van der Waals surface area contributed by atoms with Gasteiger partial charge in [0.15, 0.2) is 0 Å². The van der Waals surface area contributed by atoms with Gasteiger partial charge in [0, 0.05) is 11.8 Å². The second-order valence-electron chi connectivity index (χ2n) is 7.07. The lowest BCUT2D eigenvalue weighted by Gasteiger charge is -2.20. The van der Waals surface area contributed by atoms with Crippen LogP contribution in [0.4, 0.5) is 0 Å². The van der Waals surface area contributed by atoms with Crippen LogP contribution in [0.3, 0.4) is 0 Å². The first-order chi connectivity index (χ1) is 9.32. The lowest BCUT2D eigenvalue weighted by atomic mass is 9.86. The highest BCUT2D eigenvalue weighted by Gasteiger charge is 2.14. The molecule has 0 spiro atoms. The van der Waals surface area contributed by atoms with Crippen LogP contribution in [-0.4, -0.2) is 24.6 Å². The molecule has 0 radical (unpaired) electrons. The molecule has 1 unspecified atom stereocenters. The Morgan fingerprint density at radius 2 is 1.65 bits per heavy atom. The summed E-state index contributed by atoms with van der Waals surface area (Å²) < 4.78 is 0. The monoisotopic (exact) mass is 293 g/mol. The number of likely N-dealkylation sites (N-methyl/N-ethyl adjacent to an activating group) is 1. The molecule has 0 fully saturated rings. The quantitative estimate of drug-likeness (QED) is 0.794. The molecule has 1 aromatic rings. The lowest BCUT2D eigenvalue weighted by Crippen LogP contribution is -2.30. The summed E-state index contributed by atoms with van der Waals surface area (Å²) in [5, 5.41) is 3.45. The molecular weight excluding hydrogens is 262 g/mol. The zero-order valence-corrected chi connectivity index (χ0v) is 14.8. The summed E-state index contributed by atoms with van der Waals surface area (Å²) in [4.78, 5) is 0. The van der Waals surface area contributed by atoms with Gasteiger partial charge in [-0.1, -0.05) is 58.9 Å². The SMILES string of the molecule is CNC(CSCC(C)C)Cc1ccc(C(C)(C)C)cc1. The normalized spacial score (nSPS) is 13.8. The van der Waals surface area contributed by atoms with E-state index in [1.54, 1.807) is 0 Å². The molecule has 1 nitrogen and oxygen atoms in total. The number of hydrogen-bond donors (Lipinski definition) is 1. The van der Waals surface area contributed by atoms with Gasteiger partial charge in [-0.2, -0.15) is 11.8 Å². The van der Waals surface area contributed by atoms with E-state index >= 15 is 0 Å². The Kier molecular flexibility index (Phi) is 7.11. The topological polar surface area (TPSA) is 12.0 Å². The molecule has 0 bridgehead atoms. The van der Waals surface area contributed by atoms with Crippen molar-refractivity contribution >= 4 is 11.8 Å². The van der Waals surface area contributed by atoms with E-state index in [1.165, 1.54) is 22.6 Å². The number of benzene rings is 1. The second-order valence-corrected chi connectivity index (χ2v) is 8.14. The predicted molar refractivity (Wildman–Crippen MR) is 93.9 cm³/mol. The number of hydrogen-bond acceptors (Lipinski definition) is 2. The Bertz CT molecular complexity index is 375. The van der Waals surface area contributed by atoms with Gasteiger partial charge in [-0.25, -0.2) is 0 Å². The van der Waals surface area contributed by atoms with Gasteiger partial charge >= 0.3 is 0 Å². The molecule has 0 aliphatic heterocycles. The van der Waals surface area contributed by atoms with E-state index in [-0.39, 0.29) is 5.41 Å². The third-order valence-corrected chi connectivity index (χ3v) is 5.02. The maximum atomic E-state index is 3.45. The van der Waals surface area contributed by atoms with Crippen LogP contribution in [0.2, 0.25) is 0 Å². The highest BCUT2D eigenvalue weighted by molar-refractivity contribution is 7.99. The Morgan fingerprint density at radius 3 is 2.10 bits per heavy atom. The summed E-state index contributed by atoms with van der Waals surface area (Å²) in [6, 6.07) is 9.71. The smallest absolute Gasteiger partial charge is 0.0195 e. The Balaban J connectivity index is 2.53. The largest absolute Gasteiger partial charge is 0.316 e. The van der Waals surface area contributed by atoms with Gasteiger partial charge in [0.2, 0.25) is 0 Å². The van der Waals surface area contributed by atoms with E-state index in [9.17, 15) is 0 Å². The van der Waals surface area contributed by atoms with Crippen LogP contribution >= 0.6 is 11.8 Å². The van der Waals surface area contributed by atoms with Crippen LogP contribution in [0.5, 0.6) is 0 Å². The van der Waals surface area contributed by atoms with Gasteiger partial charge in [0.05, 0.1) is 0 Å². The highest BCUT2D eigenvalue weighted by atomic mass is 32.2. The molecule has 20 heavy (non-hydrogen) atoms. The van der Waals surface area contributed by atoms with E-state index in [0.29, 0.717) is 6.04 Å². The molecule has 0 amide bonds. The summed E-state index contributed by atoms with van der Waals surface area (Å²) in [6.07, 6.45) is 1.12. The van der Waals surface area contributed by atoms with Crippen molar-refractivity contribution < 1.29 is 0 Å². The zero-order valence-electron chi connectivity index (χ0n) is 14.0.